The summed E-state index contributed by atoms with van der Waals surface area (Å²) in [6, 6.07) is 106. The molecule has 0 amide bonds. The summed E-state index contributed by atoms with van der Waals surface area (Å²) in [5, 5.41) is 2.43. The molecule has 13 aromatic rings. The van der Waals surface area contributed by atoms with Crippen LogP contribution in [-0.4, -0.2) is 11.3 Å². The van der Waals surface area contributed by atoms with Crippen LogP contribution >= 0.6 is 0 Å². The van der Waals surface area contributed by atoms with Gasteiger partial charge in [0.2, 0.25) is 0 Å². The molecule has 0 atom stereocenters. The maximum atomic E-state index is 2.72. The van der Waals surface area contributed by atoms with Crippen molar-refractivity contribution in [3.8, 4) is 61.3 Å². The lowest BCUT2D eigenvalue weighted by molar-refractivity contribution is 0.590. The van der Waals surface area contributed by atoms with Gasteiger partial charge in [0, 0.05) is 55.8 Å². The van der Waals surface area contributed by atoms with E-state index in [1.807, 2.05) is 0 Å². The summed E-state index contributed by atoms with van der Waals surface area (Å²) in [5.41, 5.74) is 27.0. The van der Waals surface area contributed by atoms with Gasteiger partial charge < -0.3 is 14.4 Å². The Balaban J connectivity index is 1.16. The van der Waals surface area contributed by atoms with Gasteiger partial charge in [0.15, 0.2) is 0 Å². The van der Waals surface area contributed by atoms with E-state index in [2.05, 4.69) is 320 Å². The lowest BCUT2D eigenvalue weighted by atomic mass is 9.33. The lowest BCUT2D eigenvalue weighted by Gasteiger charge is -2.46. The Morgan fingerprint density at radius 3 is 1.27 bits per heavy atom. The van der Waals surface area contributed by atoms with Crippen molar-refractivity contribution in [2.45, 2.75) is 26.2 Å². The molecule has 0 unspecified atom stereocenters. The monoisotopic (exact) mass is 1020 g/mol. The molecule has 0 radical (unpaired) electrons. The van der Waals surface area contributed by atoms with E-state index >= 15 is 0 Å². The zero-order chi connectivity index (χ0) is 53.5. The Kier molecular flexibility index (Phi) is 11.2. The molecular weight excluding hydrogens is 966 g/mol. The van der Waals surface area contributed by atoms with Crippen molar-refractivity contribution in [1.29, 1.82) is 0 Å². The number of rotatable bonds is 8. The van der Waals surface area contributed by atoms with Gasteiger partial charge in [-0.2, -0.15) is 0 Å². The number of hydrogen-bond acceptors (Lipinski definition) is 2. The van der Waals surface area contributed by atoms with Gasteiger partial charge in [-0.05, 0) is 103 Å². The second-order valence-corrected chi connectivity index (χ2v) is 22.4. The van der Waals surface area contributed by atoms with E-state index in [4.69, 9.17) is 0 Å². The van der Waals surface area contributed by atoms with Crippen molar-refractivity contribution in [3.63, 3.8) is 0 Å². The minimum absolute atomic E-state index is 0.174. The van der Waals surface area contributed by atoms with Crippen molar-refractivity contribution in [2.75, 3.05) is 9.80 Å². The molecule has 3 nitrogen and oxygen atoms in total. The first kappa shape index (κ1) is 47.3. The maximum absolute atomic E-state index is 2.72. The molecule has 0 saturated heterocycles. The van der Waals surface area contributed by atoms with Gasteiger partial charge >= 0.3 is 0 Å². The number of nitrogens with zero attached hydrogens (tertiary/aromatic N) is 3. The fraction of sp³-hybridized carbons (Fsp3) is 0.0526. The van der Waals surface area contributed by atoms with Gasteiger partial charge in [-0.1, -0.05) is 263 Å². The molecule has 3 heterocycles. The van der Waals surface area contributed by atoms with Crippen LogP contribution in [0.25, 0.3) is 83.1 Å². The third-order valence-electron chi connectivity index (χ3n) is 16.7. The molecule has 0 N–H and O–H groups in total. The number of para-hydroxylation sites is 4. The largest absolute Gasteiger partial charge is 0.310 e. The summed E-state index contributed by atoms with van der Waals surface area (Å²) in [7, 11) is 0. The van der Waals surface area contributed by atoms with E-state index in [9.17, 15) is 0 Å². The molecule has 15 rings (SSSR count). The second kappa shape index (κ2) is 18.9. The van der Waals surface area contributed by atoms with Gasteiger partial charge in [-0.3, -0.25) is 0 Å². The van der Waals surface area contributed by atoms with Gasteiger partial charge in [-0.15, -0.1) is 0 Å². The van der Waals surface area contributed by atoms with Crippen LogP contribution in [-0.2, 0) is 5.41 Å². The van der Waals surface area contributed by atoms with Crippen molar-refractivity contribution in [3.05, 3.63) is 291 Å². The molecule has 2 aliphatic heterocycles. The van der Waals surface area contributed by atoms with Crippen molar-refractivity contribution >= 4 is 79.0 Å². The Bertz CT molecular complexity index is 4370. The van der Waals surface area contributed by atoms with E-state index in [1.54, 1.807) is 0 Å². The predicted molar refractivity (Wildman–Crippen MR) is 341 cm³/mol. The number of hydrogen-bond donors (Lipinski definition) is 0. The summed E-state index contributed by atoms with van der Waals surface area (Å²) < 4.78 is 2.48. The lowest BCUT2D eigenvalue weighted by Crippen LogP contribution is -2.61. The molecule has 0 aliphatic carbocycles. The highest BCUT2D eigenvalue weighted by Crippen LogP contribution is 2.55. The van der Waals surface area contributed by atoms with Gasteiger partial charge in [0.25, 0.3) is 6.71 Å². The van der Waals surface area contributed by atoms with E-state index in [0.29, 0.717) is 0 Å². The van der Waals surface area contributed by atoms with Crippen LogP contribution < -0.4 is 26.2 Å². The van der Waals surface area contributed by atoms with Crippen LogP contribution in [0.2, 0.25) is 0 Å². The minimum atomic E-state index is -0.256. The molecule has 80 heavy (non-hydrogen) atoms. The quantitative estimate of drug-likeness (QED) is 0.141. The number of fused-ring (bicyclic) bond motifs is 8. The fourth-order valence-corrected chi connectivity index (χ4v) is 13.1. The third kappa shape index (κ3) is 7.58. The zero-order valence-electron chi connectivity index (χ0n) is 45.1. The highest BCUT2D eigenvalue weighted by Gasteiger charge is 2.47. The van der Waals surface area contributed by atoms with Crippen molar-refractivity contribution in [2.24, 2.45) is 0 Å². The first-order valence-corrected chi connectivity index (χ1v) is 28.0. The van der Waals surface area contributed by atoms with E-state index in [-0.39, 0.29) is 12.1 Å². The first-order valence-electron chi connectivity index (χ1n) is 28.0. The average Bonchev–Trinajstić information content (AvgIpc) is 4.04. The summed E-state index contributed by atoms with van der Waals surface area (Å²) in [6.07, 6.45) is 0. The van der Waals surface area contributed by atoms with Gasteiger partial charge in [-0.25, -0.2) is 0 Å². The van der Waals surface area contributed by atoms with Gasteiger partial charge in [0.05, 0.1) is 28.1 Å². The fourth-order valence-electron chi connectivity index (χ4n) is 13.1. The first-order chi connectivity index (χ1) is 39.4. The Labute approximate surface area is 469 Å². The van der Waals surface area contributed by atoms with Crippen LogP contribution in [0.15, 0.2) is 285 Å². The highest BCUT2D eigenvalue weighted by molar-refractivity contribution is 7.00. The third-order valence-corrected chi connectivity index (χ3v) is 16.7. The van der Waals surface area contributed by atoms with E-state index < -0.39 is 0 Å². The Morgan fingerprint density at radius 2 is 0.762 bits per heavy atom. The SMILES string of the molecule is CC(C)(C)c1cc2c3c(c1)N(c1c(-c4ccccc4)cccc1-c1ccccc1)c1c(ccc4c1c1ccccc1n4-c1ccccc1)B3c1cc(-c3ccccc3)ccc1N2c1c(-c2ccccc2)cccc1-c1ccccc1. The molecule has 0 fully saturated rings. The summed E-state index contributed by atoms with van der Waals surface area (Å²) >= 11 is 0. The topological polar surface area (TPSA) is 11.4 Å². The Morgan fingerprint density at radius 1 is 0.312 bits per heavy atom. The second-order valence-electron chi connectivity index (χ2n) is 22.4. The molecular formula is C76H56BN3. The molecule has 4 heteroatoms. The molecule has 378 valence electrons. The van der Waals surface area contributed by atoms with Crippen LogP contribution in [0.4, 0.5) is 34.1 Å². The number of anilines is 6. The smallest absolute Gasteiger partial charge is 0.252 e. The maximum Gasteiger partial charge on any atom is 0.252 e. The standard InChI is InChI=1S/C76H56BN3/c1-76(2,3)57-49-69-72-70(50-57)80(74-61(54-32-16-7-17-33-54)41-25-42-62(74)55-34-18-8-19-35-55)75-64(45-47-68-71(75)63-38-22-23-43-66(63)78(68)58-36-20-9-21-37-58)77(72)65-48-56(51-26-10-4-11-27-51)44-46-67(65)79(69)73-59(52-28-12-5-13-29-52)39-24-40-60(73)53-30-14-6-15-31-53/h4-50H,1-3H3. The molecule has 12 aromatic carbocycles. The van der Waals surface area contributed by atoms with Crippen LogP contribution in [0, 0.1) is 0 Å². The van der Waals surface area contributed by atoms with Crippen molar-refractivity contribution < 1.29 is 0 Å². The predicted octanol–water partition coefficient (Wildman–Crippen LogP) is 18.5. The Hall–Kier alpha value is -9.90. The van der Waals surface area contributed by atoms with E-state index in [1.165, 1.54) is 94.4 Å². The minimum Gasteiger partial charge on any atom is -0.310 e. The average molecular weight is 1020 g/mol. The summed E-state index contributed by atoms with van der Waals surface area (Å²) in [6.45, 7) is 6.95. The zero-order valence-corrected chi connectivity index (χ0v) is 45.1. The molecule has 1 aromatic heterocycles. The molecule has 0 spiro atoms. The summed E-state index contributed by atoms with van der Waals surface area (Å²) in [4.78, 5) is 5.38. The van der Waals surface area contributed by atoms with Crippen LogP contribution in [0.1, 0.15) is 26.3 Å². The van der Waals surface area contributed by atoms with Crippen LogP contribution in [0.3, 0.4) is 0 Å². The van der Waals surface area contributed by atoms with E-state index in [0.717, 1.165) is 44.8 Å². The molecule has 2 aliphatic rings. The number of benzene rings is 12. The highest BCUT2D eigenvalue weighted by atomic mass is 15.2. The number of aromatic nitrogens is 1. The summed E-state index contributed by atoms with van der Waals surface area (Å²) in [5.74, 6) is 0. The molecule has 0 saturated carbocycles. The normalized spacial score (nSPS) is 12.6. The van der Waals surface area contributed by atoms with Gasteiger partial charge in [0.1, 0.15) is 0 Å². The molecule has 0 bridgehead atoms. The van der Waals surface area contributed by atoms with Crippen molar-refractivity contribution in [1.82, 2.24) is 4.57 Å². The van der Waals surface area contributed by atoms with Crippen LogP contribution in [0.5, 0.6) is 0 Å².